The molecule has 1 fully saturated rings. The van der Waals surface area contributed by atoms with E-state index in [1.807, 2.05) is 39.0 Å². The highest BCUT2D eigenvalue weighted by atomic mass is 35.5. The molecule has 4 rings (SSSR count). The van der Waals surface area contributed by atoms with E-state index in [2.05, 4.69) is 30.2 Å². The number of rotatable bonds is 4. The van der Waals surface area contributed by atoms with Crippen LogP contribution in [0.2, 0.25) is 5.02 Å². The van der Waals surface area contributed by atoms with Crippen LogP contribution in [-0.4, -0.2) is 52.0 Å². The van der Waals surface area contributed by atoms with E-state index in [1.54, 1.807) is 31.0 Å². The standard InChI is InChI=1S/C23H25ClN6O2/c1-23(2,3)32-22(31)29-16-6-9-30(14-16)21-17(24)12-25-13-20(21)28-11-15-4-5-18-19(10-15)27-8-7-26-18/h4-5,7-8,10-13,16H,6,9,14H2,1-3H3,(H,29,31)/b28-11+/t16-/m1/s1. The number of amides is 1. The van der Waals surface area contributed by atoms with E-state index in [0.29, 0.717) is 17.3 Å². The molecular weight excluding hydrogens is 428 g/mol. The molecule has 3 heterocycles. The molecule has 1 N–H and O–H groups in total. The minimum atomic E-state index is -0.535. The number of aliphatic imine (C=N–C) groups is 1. The Kier molecular flexibility index (Phi) is 6.23. The summed E-state index contributed by atoms with van der Waals surface area (Å²) in [5.41, 5.74) is 3.45. The number of benzene rings is 1. The number of ether oxygens (including phenoxy) is 1. The summed E-state index contributed by atoms with van der Waals surface area (Å²) in [5.74, 6) is 0. The molecule has 0 saturated carbocycles. The van der Waals surface area contributed by atoms with Crippen LogP contribution in [0.1, 0.15) is 32.8 Å². The van der Waals surface area contributed by atoms with E-state index < -0.39 is 11.7 Å². The van der Waals surface area contributed by atoms with E-state index in [4.69, 9.17) is 16.3 Å². The molecule has 1 aromatic carbocycles. The van der Waals surface area contributed by atoms with E-state index in [-0.39, 0.29) is 6.04 Å². The summed E-state index contributed by atoms with van der Waals surface area (Å²) in [5, 5.41) is 3.45. The lowest BCUT2D eigenvalue weighted by Crippen LogP contribution is -2.40. The molecular formula is C23H25ClN6O2. The maximum atomic E-state index is 12.1. The summed E-state index contributed by atoms with van der Waals surface area (Å²) < 4.78 is 5.37. The summed E-state index contributed by atoms with van der Waals surface area (Å²) >= 11 is 6.50. The van der Waals surface area contributed by atoms with Crippen LogP contribution in [0.4, 0.5) is 16.2 Å². The van der Waals surface area contributed by atoms with Crippen LogP contribution >= 0.6 is 11.6 Å². The normalized spacial score (nSPS) is 16.6. The van der Waals surface area contributed by atoms with Gasteiger partial charge in [0.1, 0.15) is 11.3 Å². The highest BCUT2D eigenvalue weighted by Crippen LogP contribution is 2.37. The number of carbonyl (C=O) groups excluding carboxylic acids is 1. The first kappa shape index (κ1) is 22.0. The lowest BCUT2D eigenvalue weighted by molar-refractivity contribution is 0.0509. The third-order valence-electron chi connectivity index (χ3n) is 4.92. The highest BCUT2D eigenvalue weighted by molar-refractivity contribution is 6.33. The summed E-state index contributed by atoms with van der Waals surface area (Å²) in [6, 6.07) is 5.74. The van der Waals surface area contributed by atoms with Crippen molar-refractivity contribution in [3.05, 3.63) is 53.6 Å². The largest absolute Gasteiger partial charge is 0.444 e. The molecule has 0 radical (unpaired) electrons. The van der Waals surface area contributed by atoms with Crippen molar-refractivity contribution in [2.24, 2.45) is 4.99 Å². The van der Waals surface area contributed by atoms with Crippen LogP contribution in [0.3, 0.4) is 0 Å². The van der Waals surface area contributed by atoms with Gasteiger partial charge in [-0.15, -0.1) is 0 Å². The van der Waals surface area contributed by atoms with Gasteiger partial charge in [-0.1, -0.05) is 17.7 Å². The van der Waals surface area contributed by atoms with Crippen molar-refractivity contribution in [1.82, 2.24) is 20.3 Å². The number of hydrogen-bond acceptors (Lipinski definition) is 7. The van der Waals surface area contributed by atoms with Crippen LogP contribution < -0.4 is 10.2 Å². The first-order valence-corrected chi connectivity index (χ1v) is 10.8. The highest BCUT2D eigenvalue weighted by Gasteiger charge is 2.28. The SMILES string of the molecule is CC(C)(C)OC(=O)N[C@@H]1CCN(c2c(Cl)cncc2/N=C/c2ccc3nccnc3c2)C1. The number of anilines is 1. The average molecular weight is 453 g/mol. The second-order valence-corrected chi connectivity index (χ2v) is 9.04. The molecule has 9 heteroatoms. The minimum absolute atomic E-state index is 0.0371. The fraction of sp³-hybridized carbons (Fsp3) is 0.348. The quantitative estimate of drug-likeness (QED) is 0.584. The van der Waals surface area contributed by atoms with Gasteiger partial charge in [0.25, 0.3) is 0 Å². The topological polar surface area (TPSA) is 92.6 Å². The monoisotopic (exact) mass is 452 g/mol. The Bertz CT molecular complexity index is 1160. The lowest BCUT2D eigenvalue weighted by atomic mass is 10.2. The molecule has 3 aromatic rings. The van der Waals surface area contributed by atoms with Crippen LogP contribution in [0.5, 0.6) is 0 Å². The molecule has 1 atom stereocenters. The molecule has 0 spiro atoms. The van der Waals surface area contributed by atoms with Gasteiger partial charge in [0.05, 0.1) is 34.0 Å². The molecule has 32 heavy (non-hydrogen) atoms. The van der Waals surface area contributed by atoms with Gasteiger partial charge in [-0.05, 0) is 44.9 Å². The first-order chi connectivity index (χ1) is 15.3. The fourth-order valence-electron chi connectivity index (χ4n) is 3.59. The lowest BCUT2D eigenvalue weighted by Gasteiger charge is -2.23. The average Bonchev–Trinajstić information content (AvgIpc) is 3.18. The maximum absolute atomic E-state index is 12.1. The molecule has 1 aliphatic rings. The van der Waals surface area contributed by atoms with Crippen molar-refractivity contribution in [1.29, 1.82) is 0 Å². The Labute approximate surface area is 191 Å². The Morgan fingerprint density at radius 3 is 2.81 bits per heavy atom. The van der Waals surface area contributed by atoms with Crippen molar-refractivity contribution < 1.29 is 9.53 Å². The van der Waals surface area contributed by atoms with Gasteiger partial charge in [-0.3, -0.25) is 19.9 Å². The van der Waals surface area contributed by atoms with Gasteiger partial charge in [-0.25, -0.2) is 4.79 Å². The number of carbonyl (C=O) groups is 1. The van der Waals surface area contributed by atoms with Gasteiger partial charge >= 0.3 is 6.09 Å². The summed E-state index contributed by atoms with van der Waals surface area (Å²) in [7, 11) is 0. The molecule has 0 bridgehead atoms. The first-order valence-electron chi connectivity index (χ1n) is 10.4. The fourth-order valence-corrected chi connectivity index (χ4v) is 3.86. The van der Waals surface area contributed by atoms with Crippen molar-refractivity contribution >= 4 is 46.3 Å². The maximum Gasteiger partial charge on any atom is 0.407 e. The van der Waals surface area contributed by atoms with Crippen molar-refractivity contribution in [3.8, 4) is 0 Å². The minimum Gasteiger partial charge on any atom is -0.444 e. The summed E-state index contributed by atoms with van der Waals surface area (Å²) in [4.78, 5) is 31.7. The van der Waals surface area contributed by atoms with Crippen molar-refractivity contribution in [2.75, 3.05) is 18.0 Å². The zero-order valence-corrected chi connectivity index (χ0v) is 19.0. The van der Waals surface area contributed by atoms with Crippen molar-refractivity contribution in [3.63, 3.8) is 0 Å². The van der Waals surface area contributed by atoms with Gasteiger partial charge in [0.2, 0.25) is 0 Å². The third-order valence-corrected chi connectivity index (χ3v) is 5.20. The number of hydrogen-bond donors (Lipinski definition) is 1. The Hall–Kier alpha value is -3.26. The Morgan fingerprint density at radius 1 is 1.25 bits per heavy atom. The number of nitrogens with zero attached hydrogens (tertiary/aromatic N) is 5. The van der Waals surface area contributed by atoms with Crippen LogP contribution in [0.15, 0.2) is 48.0 Å². The number of alkyl carbamates (subject to hydrolysis) is 1. The van der Waals surface area contributed by atoms with Gasteiger partial charge in [0.15, 0.2) is 0 Å². The number of fused-ring (bicyclic) bond motifs is 1. The van der Waals surface area contributed by atoms with E-state index in [1.165, 1.54) is 0 Å². The van der Waals surface area contributed by atoms with Crippen LogP contribution in [0, 0.1) is 0 Å². The predicted octanol–water partition coefficient (Wildman–Crippen LogP) is 4.53. The number of nitrogens with one attached hydrogen (secondary N) is 1. The Morgan fingerprint density at radius 2 is 2.03 bits per heavy atom. The number of halogens is 1. The molecule has 166 valence electrons. The molecule has 0 aliphatic carbocycles. The van der Waals surface area contributed by atoms with Crippen LogP contribution in [-0.2, 0) is 4.74 Å². The van der Waals surface area contributed by atoms with Gasteiger partial charge in [-0.2, -0.15) is 0 Å². The van der Waals surface area contributed by atoms with Crippen LogP contribution in [0.25, 0.3) is 11.0 Å². The van der Waals surface area contributed by atoms with Gasteiger partial charge < -0.3 is 15.0 Å². The Balaban J connectivity index is 1.50. The van der Waals surface area contributed by atoms with Crippen molar-refractivity contribution in [2.45, 2.75) is 38.8 Å². The van der Waals surface area contributed by atoms with E-state index >= 15 is 0 Å². The second-order valence-electron chi connectivity index (χ2n) is 8.63. The summed E-state index contributed by atoms with van der Waals surface area (Å²) in [6.45, 7) is 6.87. The smallest absolute Gasteiger partial charge is 0.407 e. The molecule has 1 saturated heterocycles. The zero-order chi connectivity index (χ0) is 22.7. The zero-order valence-electron chi connectivity index (χ0n) is 18.2. The van der Waals surface area contributed by atoms with E-state index in [0.717, 1.165) is 35.2 Å². The molecule has 0 unspecified atom stereocenters. The number of aromatic nitrogens is 3. The molecule has 1 aliphatic heterocycles. The predicted molar refractivity (Wildman–Crippen MR) is 126 cm³/mol. The van der Waals surface area contributed by atoms with Gasteiger partial charge in [0, 0.05) is 37.9 Å². The molecule has 1 amide bonds. The summed E-state index contributed by atoms with van der Waals surface area (Å²) in [6.07, 6.45) is 8.76. The number of pyridine rings is 1. The molecule has 2 aromatic heterocycles. The molecule has 8 nitrogen and oxygen atoms in total. The van der Waals surface area contributed by atoms with E-state index in [9.17, 15) is 4.79 Å². The third kappa shape index (κ3) is 5.31. The second kappa shape index (κ2) is 9.08.